The second-order valence-electron chi connectivity index (χ2n) is 4.20. The standard InChI is InChI=1S/C15H17BrO3S/c1-17-13-9-15(19-3)14(18-2)8-11(13)12(16)7-10-5-4-6-20-10/h4-6,8-9,12H,7H2,1-3H3. The minimum atomic E-state index is 0.163. The maximum Gasteiger partial charge on any atom is 0.164 e. The number of hydrogen-bond donors (Lipinski definition) is 0. The molecule has 0 spiro atoms. The molecule has 1 atom stereocenters. The van der Waals surface area contributed by atoms with Gasteiger partial charge in [-0.2, -0.15) is 0 Å². The molecule has 108 valence electrons. The maximum atomic E-state index is 5.47. The van der Waals surface area contributed by atoms with Crippen LogP contribution in [0.4, 0.5) is 0 Å². The number of halogens is 1. The smallest absolute Gasteiger partial charge is 0.164 e. The van der Waals surface area contributed by atoms with Crippen LogP contribution in [-0.2, 0) is 6.42 Å². The number of alkyl halides is 1. The average molecular weight is 357 g/mol. The van der Waals surface area contributed by atoms with E-state index in [-0.39, 0.29) is 4.83 Å². The summed E-state index contributed by atoms with van der Waals surface area (Å²) in [6.07, 6.45) is 0.906. The summed E-state index contributed by atoms with van der Waals surface area (Å²) in [5.74, 6) is 2.17. The van der Waals surface area contributed by atoms with Crippen molar-refractivity contribution in [3.05, 3.63) is 40.1 Å². The number of thiophene rings is 1. The van der Waals surface area contributed by atoms with E-state index in [9.17, 15) is 0 Å². The minimum Gasteiger partial charge on any atom is -0.496 e. The first-order valence-electron chi connectivity index (χ1n) is 6.16. The quantitative estimate of drug-likeness (QED) is 0.715. The third-order valence-corrected chi connectivity index (χ3v) is 4.75. The van der Waals surface area contributed by atoms with Gasteiger partial charge in [0.15, 0.2) is 11.5 Å². The van der Waals surface area contributed by atoms with E-state index in [1.165, 1.54) is 4.88 Å². The number of hydrogen-bond acceptors (Lipinski definition) is 4. The summed E-state index contributed by atoms with van der Waals surface area (Å²) in [4.78, 5) is 1.49. The topological polar surface area (TPSA) is 27.7 Å². The van der Waals surface area contributed by atoms with Crippen molar-refractivity contribution >= 4 is 27.3 Å². The minimum absolute atomic E-state index is 0.163. The zero-order valence-corrected chi connectivity index (χ0v) is 14.1. The van der Waals surface area contributed by atoms with Gasteiger partial charge in [-0.15, -0.1) is 11.3 Å². The van der Waals surface area contributed by atoms with E-state index < -0.39 is 0 Å². The van der Waals surface area contributed by atoms with E-state index in [4.69, 9.17) is 14.2 Å². The molecule has 0 radical (unpaired) electrons. The van der Waals surface area contributed by atoms with Crippen molar-refractivity contribution in [1.29, 1.82) is 0 Å². The summed E-state index contributed by atoms with van der Waals surface area (Å²) in [7, 11) is 4.92. The van der Waals surface area contributed by atoms with Gasteiger partial charge in [0.1, 0.15) is 5.75 Å². The van der Waals surface area contributed by atoms with Crippen LogP contribution < -0.4 is 14.2 Å². The van der Waals surface area contributed by atoms with Crippen LogP contribution in [0.5, 0.6) is 17.2 Å². The van der Waals surface area contributed by atoms with Gasteiger partial charge in [0, 0.05) is 21.3 Å². The number of ether oxygens (including phenoxy) is 3. The Hall–Kier alpha value is -1.20. The molecule has 1 aromatic carbocycles. The molecule has 0 saturated carbocycles. The lowest BCUT2D eigenvalue weighted by atomic mass is 10.1. The van der Waals surface area contributed by atoms with Crippen molar-refractivity contribution in [2.45, 2.75) is 11.2 Å². The molecule has 0 aliphatic heterocycles. The summed E-state index contributed by atoms with van der Waals surface area (Å²) in [5.41, 5.74) is 1.05. The Morgan fingerprint density at radius 3 is 2.25 bits per heavy atom. The molecule has 1 unspecified atom stereocenters. The van der Waals surface area contributed by atoms with Crippen LogP contribution in [-0.4, -0.2) is 21.3 Å². The Balaban J connectivity index is 2.33. The highest BCUT2D eigenvalue weighted by Gasteiger charge is 2.18. The molecule has 0 aliphatic rings. The first-order valence-corrected chi connectivity index (χ1v) is 7.95. The second-order valence-corrected chi connectivity index (χ2v) is 6.34. The normalized spacial score (nSPS) is 12.0. The third kappa shape index (κ3) is 3.27. The summed E-state index contributed by atoms with van der Waals surface area (Å²) < 4.78 is 16.1. The number of benzene rings is 1. The molecule has 0 fully saturated rings. The molecule has 5 heteroatoms. The first-order chi connectivity index (χ1) is 9.69. The molecule has 2 rings (SSSR count). The van der Waals surface area contributed by atoms with Gasteiger partial charge in [0.25, 0.3) is 0 Å². The van der Waals surface area contributed by atoms with E-state index in [1.807, 2.05) is 12.1 Å². The van der Waals surface area contributed by atoms with E-state index in [1.54, 1.807) is 32.7 Å². The van der Waals surface area contributed by atoms with Gasteiger partial charge < -0.3 is 14.2 Å². The van der Waals surface area contributed by atoms with Crippen molar-refractivity contribution in [3.8, 4) is 17.2 Å². The fourth-order valence-corrected chi connectivity index (χ4v) is 3.69. The Bertz CT molecular complexity index is 554. The lowest BCUT2D eigenvalue weighted by molar-refractivity contribution is 0.347. The van der Waals surface area contributed by atoms with Crippen LogP contribution >= 0.6 is 27.3 Å². The molecule has 0 bridgehead atoms. The molecule has 20 heavy (non-hydrogen) atoms. The van der Waals surface area contributed by atoms with Crippen LogP contribution in [0.1, 0.15) is 15.3 Å². The lowest BCUT2D eigenvalue weighted by Crippen LogP contribution is -2.00. The van der Waals surface area contributed by atoms with Crippen LogP contribution in [0.25, 0.3) is 0 Å². The Labute approximate surface area is 131 Å². The van der Waals surface area contributed by atoms with E-state index in [0.717, 1.165) is 17.7 Å². The molecule has 0 N–H and O–H groups in total. The summed E-state index contributed by atoms with van der Waals surface area (Å²) in [6.45, 7) is 0. The van der Waals surface area contributed by atoms with Crippen LogP contribution in [0.2, 0.25) is 0 Å². The molecule has 1 aromatic heterocycles. The predicted molar refractivity (Wildman–Crippen MR) is 85.8 cm³/mol. The number of rotatable bonds is 6. The summed E-state index contributed by atoms with van der Waals surface area (Å²) >= 11 is 5.49. The van der Waals surface area contributed by atoms with Gasteiger partial charge in [0.05, 0.1) is 21.3 Å². The van der Waals surface area contributed by atoms with Gasteiger partial charge in [-0.1, -0.05) is 22.0 Å². The van der Waals surface area contributed by atoms with Crippen molar-refractivity contribution in [3.63, 3.8) is 0 Å². The highest BCUT2D eigenvalue weighted by atomic mass is 79.9. The first kappa shape index (κ1) is 15.2. The lowest BCUT2D eigenvalue weighted by Gasteiger charge is -2.17. The Morgan fingerprint density at radius 2 is 1.70 bits per heavy atom. The Kier molecular flexibility index (Phi) is 5.31. The van der Waals surface area contributed by atoms with E-state index in [0.29, 0.717) is 11.5 Å². The van der Waals surface area contributed by atoms with Gasteiger partial charge in [-0.3, -0.25) is 0 Å². The highest BCUT2D eigenvalue weighted by Crippen LogP contribution is 2.41. The second kappa shape index (κ2) is 6.99. The van der Waals surface area contributed by atoms with Gasteiger partial charge in [0.2, 0.25) is 0 Å². The molecule has 3 nitrogen and oxygen atoms in total. The zero-order valence-electron chi connectivity index (χ0n) is 11.7. The fraction of sp³-hybridized carbons (Fsp3) is 0.333. The molecule has 0 aliphatic carbocycles. The predicted octanol–water partition coefficient (Wildman–Crippen LogP) is 4.45. The third-order valence-electron chi connectivity index (χ3n) is 3.03. The largest absolute Gasteiger partial charge is 0.496 e. The maximum absolute atomic E-state index is 5.47. The summed E-state index contributed by atoms with van der Waals surface area (Å²) in [5, 5.41) is 2.08. The number of methoxy groups -OCH3 is 3. The molecule has 0 amide bonds. The van der Waals surface area contributed by atoms with Crippen molar-refractivity contribution in [2.75, 3.05) is 21.3 Å². The molecular weight excluding hydrogens is 340 g/mol. The summed E-state index contributed by atoms with van der Waals surface area (Å²) in [6, 6.07) is 8.01. The molecule has 0 saturated heterocycles. The highest BCUT2D eigenvalue weighted by molar-refractivity contribution is 9.09. The Morgan fingerprint density at radius 1 is 1.05 bits per heavy atom. The van der Waals surface area contributed by atoms with E-state index >= 15 is 0 Å². The van der Waals surface area contributed by atoms with E-state index in [2.05, 4.69) is 33.4 Å². The van der Waals surface area contributed by atoms with Crippen LogP contribution in [0.15, 0.2) is 29.6 Å². The van der Waals surface area contributed by atoms with Crippen molar-refractivity contribution < 1.29 is 14.2 Å². The van der Waals surface area contributed by atoms with Crippen molar-refractivity contribution in [1.82, 2.24) is 0 Å². The fourth-order valence-electron chi connectivity index (χ4n) is 2.01. The monoisotopic (exact) mass is 356 g/mol. The molecule has 1 heterocycles. The van der Waals surface area contributed by atoms with Gasteiger partial charge >= 0.3 is 0 Å². The van der Waals surface area contributed by atoms with Crippen LogP contribution in [0, 0.1) is 0 Å². The average Bonchev–Trinajstić information content (AvgIpc) is 2.98. The molecule has 2 aromatic rings. The SMILES string of the molecule is COc1cc(OC)c(C(Br)Cc2cccs2)cc1OC. The molecular formula is C15H17BrO3S. The van der Waals surface area contributed by atoms with Crippen molar-refractivity contribution in [2.24, 2.45) is 0 Å². The zero-order chi connectivity index (χ0) is 14.5. The van der Waals surface area contributed by atoms with Gasteiger partial charge in [-0.05, 0) is 23.9 Å². The van der Waals surface area contributed by atoms with Crippen LogP contribution in [0.3, 0.4) is 0 Å². The van der Waals surface area contributed by atoms with Gasteiger partial charge in [-0.25, -0.2) is 0 Å².